The highest BCUT2D eigenvalue weighted by molar-refractivity contribution is 9.10. The summed E-state index contributed by atoms with van der Waals surface area (Å²) in [5.74, 6) is 0.332. The lowest BCUT2D eigenvalue weighted by atomic mass is 10.1. The van der Waals surface area contributed by atoms with E-state index in [2.05, 4.69) is 36.8 Å². The Bertz CT molecular complexity index is 880. The summed E-state index contributed by atoms with van der Waals surface area (Å²) in [4.78, 5) is 12.4. The van der Waals surface area contributed by atoms with Crippen molar-refractivity contribution in [2.45, 2.75) is 0 Å². The predicted molar refractivity (Wildman–Crippen MR) is 91.3 cm³/mol. The number of halogens is 2. The highest BCUT2D eigenvalue weighted by Crippen LogP contribution is 2.24. The largest absolute Gasteiger partial charge is 0.322 e. The second kappa shape index (κ2) is 6.47. The Morgan fingerprint density at radius 3 is 2.78 bits per heavy atom. The first-order valence-corrected chi connectivity index (χ1v) is 7.81. The van der Waals surface area contributed by atoms with Gasteiger partial charge in [0.1, 0.15) is 0 Å². The number of anilines is 1. The molecular weight excluding hydrogens is 382 g/mol. The molecule has 0 aliphatic heterocycles. The molecule has 0 radical (unpaired) electrons. The molecule has 0 fully saturated rings. The molecule has 0 unspecified atom stereocenters. The van der Waals surface area contributed by atoms with E-state index in [0.717, 1.165) is 10.0 Å². The van der Waals surface area contributed by atoms with Crippen molar-refractivity contribution in [3.8, 4) is 11.4 Å². The number of carbonyl (C=O) groups excluding carboxylic acids is 1. The first-order valence-electron chi connectivity index (χ1n) is 6.64. The summed E-state index contributed by atoms with van der Waals surface area (Å²) in [5.41, 5.74) is 1.84. The minimum absolute atomic E-state index is 0.282. The fourth-order valence-corrected chi connectivity index (χ4v) is 2.84. The van der Waals surface area contributed by atoms with Crippen LogP contribution in [-0.4, -0.2) is 26.1 Å². The molecule has 2 aromatic carbocycles. The molecule has 116 valence electrons. The maximum atomic E-state index is 12.4. The number of tetrazole rings is 1. The van der Waals surface area contributed by atoms with Crippen molar-refractivity contribution in [1.29, 1.82) is 0 Å². The van der Waals surface area contributed by atoms with E-state index in [-0.39, 0.29) is 5.91 Å². The van der Waals surface area contributed by atoms with Crippen LogP contribution in [-0.2, 0) is 7.05 Å². The third-order valence-corrected chi connectivity index (χ3v) is 3.98. The van der Waals surface area contributed by atoms with Crippen molar-refractivity contribution in [2.75, 3.05) is 5.32 Å². The van der Waals surface area contributed by atoms with Crippen LogP contribution in [0.3, 0.4) is 0 Å². The lowest BCUT2D eigenvalue weighted by Gasteiger charge is -2.08. The summed E-state index contributed by atoms with van der Waals surface area (Å²) in [6, 6.07) is 12.4. The van der Waals surface area contributed by atoms with Gasteiger partial charge in [-0.2, -0.15) is 0 Å². The Labute approximate surface area is 145 Å². The Kier molecular flexibility index (Phi) is 4.40. The molecule has 3 aromatic rings. The number of benzene rings is 2. The van der Waals surface area contributed by atoms with Crippen LogP contribution in [0, 0.1) is 0 Å². The van der Waals surface area contributed by atoms with Crippen molar-refractivity contribution in [1.82, 2.24) is 20.2 Å². The fourth-order valence-electron chi connectivity index (χ4n) is 2.08. The summed E-state index contributed by atoms with van der Waals surface area (Å²) in [7, 11) is 1.75. The summed E-state index contributed by atoms with van der Waals surface area (Å²) in [5, 5.41) is 14.6. The van der Waals surface area contributed by atoms with Crippen LogP contribution < -0.4 is 5.32 Å². The average molecular weight is 393 g/mol. The Hall–Kier alpha value is -2.25. The van der Waals surface area contributed by atoms with Gasteiger partial charge in [0.15, 0.2) is 5.82 Å². The average Bonchev–Trinajstić information content (AvgIpc) is 2.93. The molecule has 0 saturated heterocycles. The first kappa shape index (κ1) is 15.6. The first-order chi connectivity index (χ1) is 11.0. The van der Waals surface area contributed by atoms with E-state index in [1.165, 1.54) is 0 Å². The number of hydrogen-bond acceptors (Lipinski definition) is 4. The second-order valence-corrected chi connectivity index (χ2v) is 6.11. The molecule has 0 spiro atoms. The van der Waals surface area contributed by atoms with Gasteiger partial charge in [-0.05, 0) is 40.8 Å². The maximum absolute atomic E-state index is 12.4. The maximum Gasteiger partial charge on any atom is 0.257 e. The molecule has 0 bridgehead atoms. The lowest BCUT2D eigenvalue weighted by molar-refractivity contribution is 0.102. The van der Waals surface area contributed by atoms with Gasteiger partial charge in [-0.3, -0.25) is 4.79 Å². The van der Waals surface area contributed by atoms with E-state index in [0.29, 0.717) is 22.1 Å². The monoisotopic (exact) mass is 391 g/mol. The molecule has 0 saturated carbocycles. The number of amides is 1. The lowest BCUT2D eigenvalue weighted by Crippen LogP contribution is -2.12. The predicted octanol–water partition coefficient (Wildman–Crippen LogP) is 3.55. The van der Waals surface area contributed by atoms with Gasteiger partial charge in [-0.1, -0.05) is 39.7 Å². The molecule has 1 N–H and O–H groups in total. The molecule has 0 aliphatic carbocycles. The molecule has 6 nitrogen and oxygen atoms in total. The summed E-state index contributed by atoms with van der Waals surface area (Å²) in [6.07, 6.45) is 0. The Morgan fingerprint density at radius 2 is 2.09 bits per heavy atom. The second-order valence-electron chi connectivity index (χ2n) is 4.79. The van der Waals surface area contributed by atoms with Gasteiger partial charge >= 0.3 is 0 Å². The molecule has 1 aromatic heterocycles. The van der Waals surface area contributed by atoms with E-state index < -0.39 is 0 Å². The van der Waals surface area contributed by atoms with Gasteiger partial charge in [0, 0.05) is 22.8 Å². The van der Waals surface area contributed by atoms with Crippen molar-refractivity contribution in [3.05, 3.63) is 57.5 Å². The minimum Gasteiger partial charge on any atom is -0.322 e. The van der Waals surface area contributed by atoms with E-state index in [9.17, 15) is 4.79 Å². The molecule has 23 heavy (non-hydrogen) atoms. The fraction of sp³-hybridized carbons (Fsp3) is 0.0667. The quantitative estimate of drug-likeness (QED) is 0.740. The van der Waals surface area contributed by atoms with E-state index in [4.69, 9.17) is 11.6 Å². The minimum atomic E-state index is -0.282. The van der Waals surface area contributed by atoms with Crippen LogP contribution in [0.1, 0.15) is 10.4 Å². The number of nitrogens with one attached hydrogen (secondary N) is 1. The number of nitrogens with zero attached hydrogens (tertiary/aromatic N) is 4. The van der Waals surface area contributed by atoms with Crippen molar-refractivity contribution < 1.29 is 4.79 Å². The zero-order chi connectivity index (χ0) is 16.4. The third kappa shape index (κ3) is 3.40. The van der Waals surface area contributed by atoms with Crippen molar-refractivity contribution in [2.24, 2.45) is 7.05 Å². The van der Waals surface area contributed by atoms with Crippen LogP contribution in [0.25, 0.3) is 11.4 Å². The van der Waals surface area contributed by atoms with Gasteiger partial charge in [0.05, 0.1) is 10.6 Å². The number of hydrogen-bond donors (Lipinski definition) is 1. The van der Waals surface area contributed by atoms with Crippen LogP contribution >= 0.6 is 27.5 Å². The zero-order valence-electron chi connectivity index (χ0n) is 12.0. The standard InChI is InChI=1S/C15H11BrClN5O/c1-22-14(19-20-21-22)9-3-2-4-11(7-9)18-15(23)12-6-5-10(16)8-13(12)17/h2-8H,1H3,(H,18,23). The molecular formula is C15H11BrClN5O. The highest BCUT2D eigenvalue weighted by atomic mass is 79.9. The molecule has 0 aliphatic rings. The van der Waals surface area contributed by atoms with Crippen LogP contribution in [0.5, 0.6) is 0 Å². The molecule has 3 rings (SSSR count). The van der Waals surface area contributed by atoms with Crippen LogP contribution in [0.15, 0.2) is 46.9 Å². The van der Waals surface area contributed by atoms with E-state index in [1.54, 1.807) is 42.1 Å². The highest BCUT2D eigenvalue weighted by Gasteiger charge is 2.12. The molecule has 1 amide bonds. The normalized spacial score (nSPS) is 10.6. The van der Waals surface area contributed by atoms with E-state index >= 15 is 0 Å². The third-order valence-electron chi connectivity index (χ3n) is 3.17. The number of aryl methyl sites for hydroxylation is 1. The number of aromatic nitrogens is 4. The summed E-state index contributed by atoms with van der Waals surface area (Å²) < 4.78 is 2.38. The number of rotatable bonds is 3. The Balaban J connectivity index is 1.86. The van der Waals surface area contributed by atoms with Crippen molar-refractivity contribution in [3.63, 3.8) is 0 Å². The Morgan fingerprint density at radius 1 is 1.26 bits per heavy atom. The topological polar surface area (TPSA) is 72.7 Å². The molecule has 1 heterocycles. The van der Waals surface area contributed by atoms with Gasteiger partial charge < -0.3 is 5.32 Å². The smallest absolute Gasteiger partial charge is 0.257 e. The van der Waals surface area contributed by atoms with Crippen LogP contribution in [0.4, 0.5) is 5.69 Å². The molecule has 8 heteroatoms. The SMILES string of the molecule is Cn1nnnc1-c1cccc(NC(=O)c2ccc(Br)cc2Cl)c1. The summed E-state index contributed by atoms with van der Waals surface area (Å²) in [6.45, 7) is 0. The van der Waals surface area contributed by atoms with Crippen molar-refractivity contribution >= 4 is 39.1 Å². The van der Waals surface area contributed by atoms with Gasteiger partial charge in [-0.25, -0.2) is 4.68 Å². The summed E-state index contributed by atoms with van der Waals surface area (Å²) >= 11 is 9.42. The van der Waals surface area contributed by atoms with Gasteiger partial charge in [0.25, 0.3) is 5.91 Å². The molecule has 0 atom stereocenters. The van der Waals surface area contributed by atoms with Crippen LogP contribution in [0.2, 0.25) is 5.02 Å². The zero-order valence-corrected chi connectivity index (χ0v) is 14.3. The van der Waals surface area contributed by atoms with Gasteiger partial charge in [-0.15, -0.1) is 5.10 Å². The number of carbonyl (C=O) groups is 1. The van der Waals surface area contributed by atoms with E-state index in [1.807, 2.05) is 12.1 Å². The van der Waals surface area contributed by atoms with Gasteiger partial charge in [0.2, 0.25) is 0 Å².